The van der Waals surface area contributed by atoms with E-state index < -0.39 is 29.1 Å². The fraction of sp³-hybridized carbons (Fsp3) is 0.611. The second kappa shape index (κ2) is 6.38. The van der Waals surface area contributed by atoms with Gasteiger partial charge >= 0.3 is 0 Å². The molecule has 2 aliphatic rings. The molecule has 136 valence electrons. The zero-order valence-corrected chi connectivity index (χ0v) is 15.0. The van der Waals surface area contributed by atoms with E-state index in [0.717, 1.165) is 18.4 Å². The van der Waals surface area contributed by atoms with Gasteiger partial charge in [-0.25, -0.2) is 0 Å². The molecule has 3 rings (SSSR count). The van der Waals surface area contributed by atoms with Crippen molar-refractivity contribution in [1.82, 2.24) is 10.1 Å². The number of unbranched alkanes of at least 4 members (excludes halogenated alkanes) is 1. The van der Waals surface area contributed by atoms with Crippen LogP contribution in [0.1, 0.15) is 55.3 Å². The smallest absolute Gasteiger partial charge is 0.265 e. The number of Topliss-reactive ketones (excluding diaryl/α,β-unsaturated/α-hetero) is 1. The third-order valence-electron chi connectivity index (χ3n) is 5.03. The largest absolute Gasteiger partial charge is 0.475 e. The van der Waals surface area contributed by atoms with Crippen molar-refractivity contribution in [3.63, 3.8) is 0 Å². The third-order valence-corrected chi connectivity index (χ3v) is 5.03. The van der Waals surface area contributed by atoms with Crippen LogP contribution >= 0.6 is 0 Å². The van der Waals surface area contributed by atoms with Gasteiger partial charge in [-0.15, -0.1) is 0 Å². The lowest BCUT2D eigenvalue weighted by Gasteiger charge is -2.44. The molecule has 0 radical (unpaired) electrons. The summed E-state index contributed by atoms with van der Waals surface area (Å²) in [4.78, 5) is 27.5. The molecule has 0 aliphatic heterocycles. The van der Waals surface area contributed by atoms with Gasteiger partial charge in [0.25, 0.3) is 5.88 Å². The van der Waals surface area contributed by atoms with Gasteiger partial charge in [-0.05, 0) is 45.1 Å². The first kappa shape index (κ1) is 17.8. The van der Waals surface area contributed by atoms with E-state index in [4.69, 9.17) is 9.26 Å². The lowest BCUT2D eigenvalue weighted by Crippen LogP contribution is -2.60. The van der Waals surface area contributed by atoms with E-state index in [9.17, 15) is 14.7 Å². The summed E-state index contributed by atoms with van der Waals surface area (Å²) in [6, 6.07) is -0.443. The van der Waals surface area contributed by atoms with E-state index in [-0.39, 0.29) is 11.4 Å². The molecule has 0 amide bonds. The minimum atomic E-state index is -2.10. The predicted molar refractivity (Wildman–Crippen MR) is 89.5 cm³/mol. The number of fused-ring (bicyclic) bond motifs is 2. The van der Waals surface area contributed by atoms with Crippen LogP contribution in [-0.2, 0) is 4.79 Å². The molecule has 7 nitrogen and oxygen atoms in total. The number of aliphatic hydroxyl groups is 1. The lowest BCUT2D eigenvalue weighted by molar-refractivity contribution is -0.137. The van der Waals surface area contributed by atoms with E-state index in [1.165, 1.54) is 6.08 Å². The summed E-state index contributed by atoms with van der Waals surface area (Å²) in [6.07, 6.45) is 3.53. The molecule has 0 saturated heterocycles. The zero-order valence-electron chi connectivity index (χ0n) is 15.0. The van der Waals surface area contributed by atoms with Gasteiger partial charge in [-0.3, -0.25) is 14.5 Å². The van der Waals surface area contributed by atoms with Crippen LogP contribution in [0.15, 0.2) is 16.2 Å². The molecule has 0 bridgehead atoms. The first-order valence-electron chi connectivity index (χ1n) is 8.59. The van der Waals surface area contributed by atoms with Crippen LogP contribution in [-0.4, -0.2) is 53.0 Å². The summed E-state index contributed by atoms with van der Waals surface area (Å²) >= 11 is 0. The van der Waals surface area contributed by atoms with E-state index in [1.807, 2.05) is 32.8 Å². The summed E-state index contributed by atoms with van der Waals surface area (Å²) in [6.45, 7) is 4.24. The van der Waals surface area contributed by atoms with Gasteiger partial charge in [-0.2, -0.15) is 0 Å². The Balaban J connectivity index is 2.11. The van der Waals surface area contributed by atoms with Crippen molar-refractivity contribution < 1.29 is 24.0 Å². The van der Waals surface area contributed by atoms with E-state index >= 15 is 0 Å². The maximum Gasteiger partial charge on any atom is 0.265 e. The highest BCUT2D eigenvalue weighted by Crippen LogP contribution is 2.50. The number of hydrogen-bond donors (Lipinski definition) is 1. The Morgan fingerprint density at radius 1 is 1.44 bits per heavy atom. The average molecular weight is 348 g/mol. The second-order valence-corrected chi connectivity index (χ2v) is 7.10. The Morgan fingerprint density at radius 2 is 2.16 bits per heavy atom. The lowest BCUT2D eigenvalue weighted by atomic mass is 9.64. The molecule has 2 aliphatic carbocycles. The van der Waals surface area contributed by atoms with Gasteiger partial charge in [0.1, 0.15) is 5.56 Å². The van der Waals surface area contributed by atoms with Crippen molar-refractivity contribution >= 4 is 11.6 Å². The fourth-order valence-corrected chi connectivity index (χ4v) is 3.77. The maximum atomic E-state index is 13.1. The van der Waals surface area contributed by atoms with Crippen LogP contribution in [0, 0.1) is 5.92 Å². The molecule has 25 heavy (non-hydrogen) atoms. The van der Waals surface area contributed by atoms with Gasteiger partial charge < -0.3 is 14.4 Å². The number of allylic oxidation sites excluding steroid dienone is 1. The minimum Gasteiger partial charge on any atom is -0.475 e. The first-order chi connectivity index (χ1) is 11.8. The number of carbonyl (C=O) groups is 2. The molecule has 1 aromatic rings. The van der Waals surface area contributed by atoms with Crippen LogP contribution in [0.25, 0.3) is 0 Å². The SMILES string of the molecule is CCCCOc1noc2c1C(=O)[C@@]1(O)C(=O)C=C(C)C[C@H]1[C@@H]2N(C)C. The van der Waals surface area contributed by atoms with Gasteiger partial charge in [-0.1, -0.05) is 18.9 Å². The standard InChI is InChI=1S/C18H24N2O5/c1-5-6-7-24-17-13-15(25-19-17)14(20(3)4)11-8-10(2)9-12(21)18(11,23)16(13)22/h9,11,14,23H,5-8H2,1-4H3/t11-,14-,18-/m0/s1. The van der Waals surface area contributed by atoms with Crippen molar-refractivity contribution in [3.05, 3.63) is 23.0 Å². The molecule has 1 aromatic heterocycles. The Hall–Kier alpha value is -1.99. The highest BCUT2D eigenvalue weighted by atomic mass is 16.5. The number of ketones is 2. The minimum absolute atomic E-state index is 0.0613. The Labute approximate surface area is 146 Å². The highest BCUT2D eigenvalue weighted by Gasteiger charge is 2.61. The van der Waals surface area contributed by atoms with E-state index in [2.05, 4.69) is 5.16 Å². The number of hydrogen-bond acceptors (Lipinski definition) is 7. The molecular formula is C18H24N2O5. The van der Waals surface area contributed by atoms with Crippen molar-refractivity contribution in [3.8, 4) is 5.88 Å². The van der Waals surface area contributed by atoms with Crippen LogP contribution in [0.2, 0.25) is 0 Å². The van der Waals surface area contributed by atoms with Crippen molar-refractivity contribution in [2.45, 2.75) is 44.8 Å². The highest BCUT2D eigenvalue weighted by molar-refractivity contribution is 6.23. The number of carbonyl (C=O) groups excluding carboxylic acids is 2. The van der Waals surface area contributed by atoms with Crippen LogP contribution in [0.5, 0.6) is 5.88 Å². The normalized spacial score (nSPS) is 28.6. The molecule has 7 heteroatoms. The quantitative estimate of drug-likeness (QED) is 0.642. The van der Waals surface area contributed by atoms with E-state index in [1.54, 1.807) is 0 Å². The number of aromatic nitrogens is 1. The van der Waals surface area contributed by atoms with Crippen molar-refractivity contribution in [1.29, 1.82) is 0 Å². The molecule has 0 unspecified atom stereocenters. The zero-order chi connectivity index (χ0) is 18.4. The van der Waals surface area contributed by atoms with Gasteiger partial charge in [0, 0.05) is 5.92 Å². The molecule has 0 spiro atoms. The summed E-state index contributed by atoms with van der Waals surface area (Å²) in [5.41, 5.74) is -1.17. The summed E-state index contributed by atoms with van der Waals surface area (Å²) < 4.78 is 11.0. The third kappa shape index (κ3) is 2.62. The number of nitrogens with zero attached hydrogens (tertiary/aromatic N) is 2. The average Bonchev–Trinajstić information content (AvgIpc) is 2.94. The van der Waals surface area contributed by atoms with Crippen LogP contribution < -0.4 is 4.74 Å². The Morgan fingerprint density at radius 3 is 2.80 bits per heavy atom. The number of rotatable bonds is 5. The molecule has 0 fully saturated rings. The molecule has 0 saturated carbocycles. The van der Waals surface area contributed by atoms with Gasteiger partial charge in [0.15, 0.2) is 17.1 Å². The Bertz CT molecular complexity index is 736. The molecule has 3 atom stereocenters. The molecule has 0 aromatic carbocycles. The molecule has 1 N–H and O–H groups in total. The summed E-state index contributed by atoms with van der Waals surface area (Å²) in [7, 11) is 3.64. The summed E-state index contributed by atoms with van der Waals surface area (Å²) in [5.74, 6) is -1.45. The fourth-order valence-electron chi connectivity index (χ4n) is 3.77. The monoisotopic (exact) mass is 348 g/mol. The van der Waals surface area contributed by atoms with Crippen molar-refractivity contribution in [2.75, 3.05) is 20.7 Å². The maximum absolute atomic E-state index is 13.1. The van der Waals surface area contributed by atoms with Crippen LogP contribution in [0.4, 0.5) is 0 Å². The Kier molecular flexibility index (Phi) is 4.55. The predicted octanol–water partition coefficient (Wildman–Crippen LogP) is 1.92. The van der Waals surface area contributed by atoms with Crippen molar-refractivity contribution in [2.24, 2.45) is 5.92 Å². The van der Waals surface area contributed by atoms with Crippen LogP contribution in [0.3, 0.4) is 0 Å². The topological polar surface area (TPSA) is 92.9 Å². The first-order valence-corrected chi connectivity index (χ1v) is 8.59. The molecule has 1 heterocycles. The summed E-state index contributed by atoms with van der Waals surface area (Å²) in [5, 5.41) is 15.0. The van der Waals surface area contributed by atoms with Gasteiger partial charge in [0.2, 0.25) is 5.78 Å². The molecular weight excluding hydrogens is 324 g/mol. The van der Waals surface area contributed by atoms with E-state index in [0.29, 0.717) is 18.8 Å². The van der Waals surface area contributed by atoms with Gasteiger partial charge in [0.05, 0.1) is 12.6 Å². The number of ether oxygens (including phenoxy) is 1. The second-order valence-electron chi connectivity index (χ2n) is 7.10.